The predicted octanol–water partition coefficient (Wildman–Crippen LogP) is 2.62. The molecule has 1 fully saturated rings. The van der Waals surface area contributed by atoms with E-state index < -0.39 is 16.1 Å². The lowest BCUT2D eigenvalue weighted by Crippen LogP contribution is -2.45. The maximum absolute atomic E-state index is 12.2. The van der Waals surface area contributed by atoms with Crippen LogP contribution in [0.25, 0.3) is 0 Å². The first kappa shape index (κ1) is 15.8. The molecule has 21 heavy (non-hydrogen) atoms. The Balaban J connectivity index is 2.04. The zero-order chi connectivity index (χ0) is 15.5. The van der Waals surface area contributed by atoms with Crippen molar-refractivity contribution >= 4 is 16.1 Å². The van der Waals surface area contributed by atoms with Gasteiger partial charge >= 0.3 is 6.03 Å². The Bertz CT molecular complexity index is 620. The van der Waals surface area contributed by atoms with Crippen LogP contribution < -0.4 is 10.0 Å². The summed E-state index contributed by atoms with van der Waals surface area (Å²) in [6, 6.07) is 4.48. The molecule has 0 atom stereocenters. The molecule has 116 valence electrons. The van der Waals surface area contributed by atoms with Gasteiger partial charge in [0.1, 0.15) is 0 Å². The van der Waals surface area contributed by atoms with Crippen molar-refractivity contribution in [2.75, 3.05) is 0 Å². The second kappa shape index (κ2) is 6.47. The predicted molar refractivity (Wildman–Crippen MR) is 81.6 cm³/mol. The Hall–Kier alpha value is -1.56. The molecular formula is C15H22N2O3S. The van der Waals surface area contributed by atoms with Crippen LogP contribution in [0.5, 0.6) is 0 Å². The summed E-state index contributed by atoms with van der Waals surface area (Å²) in [5.74, 6) is 0. The number of sulfonamides is 1. The van der Waals surface area contributed by atoms with Gasteiger partial charge in [0, 0.05) is 6.04 Å². The summed E-state index contributed by atoms with van der Waals surface area (Å²) in [7, 11) is -3.82. The number of aryl methyl sites for hydroxylation is 2. The Morgan fingerprint density at radius 2 is 1.81 bits per heavy atom. The molecule has 0 saturated heterocycles. The van der Waals surface area contributed by atoms with E-state index in [0.717, 1.165) is 31.2 Å². The normalized spacial score (nSPS) is 16.5. The number of benzene rings is 1. The number of carbonyl (C=O) groups excluding carboxylic acids is 1. The fourth-order valence-corrected chi connectivity index (χ4v) is 3.88. The van der Waals surface area contributed by atoms with Gasteiger partial charge in [-0.2, -0.15) is 0 Å². The molecule has 0 unspecified atom stereocenters. The third-order valence-electron chi connectivity index (χ3n) is 3.79. The van der Waals surface area contributed by atoms with Gasteiger partial charge in [0.15, 0.2) is 0 Å². The van der Waals surface area contributed by atoms with E-state index >= 15 is 0 Å². The molecule has 1 aliphatic rings. The molecule has 0 aromatic heterocycles. The van der Waals surface area contributed by atoms with E-state index in [9.17, 15) is 13.2 Å². The van der Waals surface area contributed by atoms with Crippen LogP contribution in [-0.4, -0.2) is 20.5 Å². The highest BCUT2D eigenvalue weighted by molar-refractivity contribution is 7.90. The van der Waals surface area contributed by atoms with Gasteiger partial charge in [-0.1, -0.05) is 37.0 Å². The maximum atomic E-state index is 12.2. The number of carbonyl (C=O) groups is 1. The third-order valence-corrected chi connectivity index (χ3v) is 5.28. The molecule has 6 heteroatoms. The number of rotatable bonds is 3. The molecule has 2 N–H and O–H groups in total. The molecule has 5 nitrogen and oxygen atoms in total. The summed E-state index contributed by atoms with van der Waals surface area (Å²) in [6.45, 7) is 3.62. The van der Waals surface area contributed by atoms with Crippen LogP contribution >= 0.6 is 0 Å². The fourth-order valence-electron chi connectivity index (χ4n) is 2.74. The molecule has 1 saturated carbocycles. The standard InChI is InChI=1S/C15H22N2O3S/c1-11-8-9-14(12(2)10-11)21(19,20)17-15(18)16-13-6-4-3-5-7-13/h8-10,13H,3-7H2,1-2H3,(H2,16,17,18). The van der Waals surface area contributed by atoms with Crippen LogP contribution in [0.3, 0.4) is 0 Å². The Kier molecular flexibility index (Phi) is 4.88. The van der Waals surface area contributed by atoms with Crippen molar-refractivity contribution in [1.29, 1.82) is 0 Å². The van der Waals surface area contributed by atoms with Crippen molar-refractivity contribution in [2.45, 2.75) is 56.9 Å². The monoisotopic (exact) mass is 310 g/mol. The second-order valence-corrected chi connectivity index (χ2v) is 7.33. The number of hydrogen-bond donors (Lipinski definition) is 2. The van der Waals surface area contributed by atoms with Gasteiger partial charge in [-0.15, -0.1) is 0 Å². The second-order valence-electron chi connectivity index (χ2n) is 5.68. The van der Waals surface area contributed by atoms with E-state index in [-0.39, 0.29) is 10.9 Å². The Morgan fingerprint density at radius 3 is 2.43 bits per heavy atom. The number of amides is 2. The average molecular weight is 310 g/mol. The largest absolute Gasteiger partial charge is 0.335 e. The third kappa shape index (κ3) is 4.20. The highest BCUT2D eigenvalue weighted by Crippen LogP contribution is 2.18. The van der Waals surface area contributed by atoms with Crippen LogP contribution in [0.1, 0.15) is 43.2 Å². The lowest BCUT2D eigenvalue weighted by molar-refractivity contribution is 0.237. The Morgan fingerprint density at radius 1 is 1.14 bits per heavy atom. The first-order chi connectivity index (χ1) is 9.88. The maximum Gasteiger partial charge on any atom is 0.328 e. The van der Waals surface area contributed by atoms with Gasteiger partial charge in [-0.3, -0.25) is 0 Å². The molecular weight excluding hydrogens is 288 g/mol. The van der Waals surface area contributed by atoms with Crippen molar-refractivity contribution in [1.82, 2.24) is 10.0 Å². The van der Waals surface area contributed by atoms with Gasteiger partial charge in [0.2, 0.25) is 0 Å². The average Bonchev–Trinajstić information content (AvgIpc) is 2.38. The van der Waals surface area contributed by atoms with E-state index in [2.05, 4.69) is 10.0 Å². The van der Waals surface area contributed by atoms with Gasteiger partial charge in [-0.05, 0) is 38.3 Å². The molecule has 0 bridgehead atoms. The highest BCUT2D eigenvalue weighted by Gasteiger charge is 2.22. The van der Waals surface area contributed by atoms with Crippen molar-refractivity contribution in [3.63, 3.8) is 0 Å². The van der Waals surface area contributed by atoms with Crippen LogP contribution in [0.2, 0.25) is 0 Å². The highest BCUT2D eigenvalue weighted by atomic mass is 32.2. The lowest BCUT2D eigenvalue weighted by atomic mass is 9.96. The minimum Gasteiger partial charge on any atom is -0.335 e. The summed E-state index contributed by atoms with van der Waals surface area (Å²) >= 11 is 0. The summed E-state index contributed by atoms with van der Waals surface area (Å²) in [5, 5.41) is 2.75. The SMILES string of the molecule is Cc1ccc(S(=O)(=O)NC(=O)NC2CCCCC2)c(C)c1. The molecule has 0 radical (unpaired) electrons. The molecule has 2 rings (SSSR count). The minimum atomic E-state index is -3.82. The molecule has 0 spiro atoms. The zero-order valence-corrected chi connectivity index (χ0v) is 13.3. The summed E-state index contributed by atoms with van der Waals surface area (Å²) in [5.41, 5.74) is 1.62. The van der Waals surface area contributed by atoms with Gasteiger partial charge in [0.25, 0.3) is 10.0 Å². The van der Waals surface area contributed by atoms with Crippen molar-refractivity contribution in [3.05, 3.63) is 29.3 Å². The van der Waals surface area contributed by atoms with Crippen LogP contribution in [0, 0.1) is 13.8 Å². The van der Waals surface area contributed by atoms with Gasteiger partial charge in [0.05, 0.1) is 4.90 Å². The van der Waals surface area contributed by atoms with Gasteiger partial charge < -0.3 is 5.32 Å². The van der Waals surface area contributed by atoms with E-state index in [1.807, 2.05) is 6.92 Å². The molecule has 1 aromatic carbocycles. The molecule has 0 aliphatic heterocycles. The van der Waals surface area contributed by atoms with Crippen LogP contribution in [0.15, 0.2) is 23.1 Å². The zero-order valence-electron chi connectivity index (χ0n) is 12.5. The quantitative estimate of drug-likeness (QED) is 0.901. The summed E-state index contributed by atoms with van der Waals surface area (Å²) in [6.07, 6.45) is 5.16. The molecule has 1 aliphatic carbocycles. The topological polar surface area (TPSA) is 75.3 Å². The van der Waals surface area contributed by atoms with E-state index in [1.54, 1.807) is 19.1 Å². The number of nitrogens with one attached hydrogen (secondary N) is 2. The molecule has 1 aromatic rings. The fraction of sp³-hybridized carbons (Fsp3) is 0.533. The van der Waals surface area contributed by atoms with Crippen molar-refractivity contribution in [3.8, 4) is 0 Å². The van der Waals surface area contributed by atoms with E-state index in [0.29, 0.717) is 5.56 Å². The number of urea groups is 1. The van der Waals surface area contributed by atoms with Gasteiger partial charge in [-0.25, -0.2) is 17.9 Å². The molecule has 2 amide bonds. The van der Waals surface area contributed by atoms with Crippen molar-refractivity contribution in [2.24, 2.45) is 0 Å². The molecule has 0 heterocycles. The van der Waals surface area contributed by atoms with Crippen LogP contribution in [-0.2, 0) is 10.0 Å². The minimum absolute atomic E-state index is 0.0769. The summed E-state index contributed by atoms with van der Waals surface area (Å²) in [4.78, 5) is 12.0. The van der Waals surface area contributed by atoms with E-state index in [1.165, 1.54) is 12.5 Å². The Labute approximate surface area is 126 Å². The number of hydrogen-bond acceptors (Lipinski definition) is 3. The van der Waals surface area contributed by atoms with E-state index in [4.69, 9.17) is 0 Å². The van der Waals surface area contributed by atoms with Crippen molar-refractivity contribution < 1.29 is 13.2 Å². The first-order valence-corrected chi connectivity index (χ1v) is 8.77. The smallest absolute Gasteiger partial charge is 0.328 e. The van der Waals surface area contributed by atoms with Crippen LogP contribution in [0.4, 0.5) is 4.79 Å². The summed E-state index contributed by atoms with van der Waals surface area (Å²) < 4.78 is 26.6. The first-order valence-electron chi connectivity index (χ1n) is 7.29. The lowest BCUT2D eigenvalue weighted by Gasteiger charge is -2.22.